The molecule has 1 atom stereocenters. The number of hydrogen-bond donors (Lipinski definition) is 1. The molecule has 0 spiro atoms. The maximum Gasteiger partial charge on any atom is 0.337 e. The molecule has 0 aliphatic carbocycles. The normalized spacial score (nSPS) is 16.4. The number of nitrogens with zero attached hydrogens (tertiary/aromatic N) is 3. The summed E-state index contributed by atoms with van der Waals surface area (Å²) in [5, 5.41) is 2.82. The lowest BCUT2D eigenvalue weighted by atomic mass is 10.2. The molecule has 3 aromatic rings. The summed E-state index contributed by atoms with van der Waals surface area (Å²) < 4.78 is 8.89. The summed E-state index contributed by atoms with van der Waals surface area (Å²) >= 11 is 2.62. The molecule has 1 N–H and O–H groups in total. The molecule has 1 unspecified atom stereocenters. The van der Waals surface area contributed by atoms with E-state index in [1.165, 1.54) is 27.7 Å². The number of aromatic nitrogens is 3. The van der Waals surface area contributed by atoms with E-state index < -0.39 is 11.2 Å². The van der Waals surface area contributed by atoms with E-state index in [0.29, 0.717) is 27.9 Å². The Labute approximate surface area is 174 Å². The van der Waals surface area contributed by atoms with Gasteiger partial charge in [-0.05, 0) is 31.2 Å². The zero-order valence-electron chi connectivity index (χ0n) is 15.8. The quantitative estimate of drug-likeness (QED) is 0.595. The largest absolute Gasteiger partial charge is 0.376 e. The molecule has 1 aliphatic rings. The Morgan fingerprint density at radius 1 is 1.34 bits per heavy atom. The Hall–Kier alpha value is -2.43. The van der Waals surface area contributed by atoms with Crippen molar-refractivity contribution in [2.24, 2.45) is 0 Å². The Kier molecular flexibility index (Phi) is 5.84. The molecule has 1 aliphatic heterocycles. The first-order valence-electron chi connectivity index (χ1n) is 9.22. The molecular formula is C19H20N4O4S2. The summed E-state index contributed by atoms with van der Waals surface area (Å²) in [4.78, 5) is 43.1. The van der Waals surface area contributed by atoms with Gasteiger partial charge in [-0.2, -0.15) is 0 Å². The van der Waals surface area contributed by atoms with Gasteiger partial charge in [0.15, 0.2) is 9.99 Å². The van der Waals surface area contributed by atoms with Crippen molar-refractivity contribution in [2.45, 2.75) is 29.8 Å². The molecule has 1 fully saturated rings. The molecule has 0 radical (unpaired) electrons. The Bertz CT molecular complexity index is 1150. The highest BCUT2D eigenvalue weighted by atomic mass is 32.2. The van der Waals surface area contributed by atoms with Crippen molar-refractivity contribution in [1.29, 1.82) is 0 Å². The van der Waals surface area contributed by atoms with Crippen molar-refractivity contribution in [3.63, 3.8) is 0 Å². The Morgan fingerprint density at radius 3 is 2.83 bits per heavy atom. The van der Waals surface area contributed by atoms with E-state index in [1.54, 1.807) is 24.3 Å². The van der Waals surface area contributed by atoms with Gasteiger partial charge in [-0.25, -0.2) is 14.3 Å². The first kappa shape index (κ1) is 19.9. The molecule has 29 heavy (non-hydrogen) atoms. The van der Waals surface area contributed by atoms with Crippen LogP contribution >= 0.6 is 23.1 Å². The lowest BCUT2D eigenvalue weighted by molar-refractivity contribution is -0.122. The number of ether oxygens (including phenoxy) is 1. The second-order valence-corrected chi connectivity index (χ2v) is 8.67. The summed E-state index contributed by atoms with van der Waals surface area (Å²) in [6.07, 6.45) is 3.76. The van der Waals surface area contributed by atoms with E-state index in [-0.39, 0.29) is 24.2 Å². The van der Waals surface area contributed by atoms with E-state index in [2.05, 4.69) is 10.3 Å². The van der Waals surface area contributed by atoms with Gasteiger partial charge in [-0.15, -0.1) is 11.3 Å². The molecule has 152 valence electrons. The molecule has 1 amide bonds. The first-order valence-corrected chi connectivity index (χ1v) is 11.3. The van der Waals surface area contributed by atoms with Crippen LogP contribution in [0.3, 0.4) is 0 Å². The highest BCUT2D eigenvalue weighted by Crippen LogP contribution is 2.25. The number of rotatable bonds is 6. The summed E-state index contributed by atoms with van der Waals surface area (Å²) in [6, 6.07) is 8.69. The van der Waals surface area contributed by atoms with E-state index in [9.17, 15) is 14.4 Å². The highest BCUT2D eigenvalue weighted by molar-refractivity contribution is 8.00. The number of thiazole rings is 1. The summed E-state index contributed by atoms with van der Waals surface area (Å²) in [5.74, 6) is -0.319. The van der Waals surface area contributed by atoms with Gasteiger partial charge in [-0.3, -0.25) is 14.2 Å². The minimum atomic E-state index is -0.584. The predicted octanol–water partition coefficient (Wildman–Crippen LogP) is 1.63. The molecule has 8 nitrogen and oxygen atoms in total. The zero-order chi connectivity index (χ0) is 20.4. The van der Waals surface area contributed by atoms with E-state index in [1.807, 2.05) is 12.3 Å². The van der Waals surface area contributed by atoms with E-state index >= 15 is 0 Å². The minimum absolute atomic E-state index is 0.0105. The fourth-order valence-corrected chi connectivity index (χ4v) is 4.78. The number of benzene rings is 1. The lowest BCUT2D eigenvalue weighted by Gasteiger charge is -2.13. The minimum Gasteiger partial charge on any atom is -0.376 e. The number of carbonyl (C=O) groups excluding carboxylic acids is 1. The molecule has 1 aromatic carbocycles. The SMILES string of the molecule is CSc1nc2c(s1)c(=O)n(-c1ccccc1)c(=O)n2CC(=O)NCC1CCCO1. The van der Waals surface area contributed by atoms with Gasteiger partial charge < -0.3 is 10.1 Å². The van der Waals surface area contributed by atoms with Crippen LogP contribution in [0.1, 0.15) is 12.8 Å². The van der Waals surface area contributed by atoms with Crippen LogP contribution in [-0.4, -0.2) is 45.5 Å². The van der Waals surface area contributed by atoms with Crippen LogP contribution in [0.5, 0.6) is 0 Å². The van der Waals surface area contributed by atoms with Gasteiger partial charge in [0.25, 0.3) is 5.56 Å². The first-order chi connectivity index (χ1) is 14.1. The number of thioether (sulfide) groups is 1. The Morgan fingerprint density at radius 2 is 2.14 bits per heavy atom. The van der Waals surface area contributed by atoms with Crippen LogP contribution in [0, 0.1) is 0 Å². The van der Waals surface area contributed by atoms with Crippen LogP contribution in [0.25, 0.3) is 16.0 Å². The van der Waals surface area contributed by atoms with Crippen molar-refractivity contribution in [1.82, 2.24) is 19.4 Å². The lowest BCUT2D eigenvalue weighted by Crippen LogP contribution is -2.42. The zero-order valence-corrected chi connectivity index (χ0v) is 17.4. The predicted molar refractivity (Wildman–Crippen MR) is 113 cm³/mol. The smallest absolute Gasteiger partial charge is 0.337 e. The maximum atomic E-state index is 13.2. The van der Waals surface area contributed by atoms with Gasteiger partial charge in [-0.1, -0.05) is 30.0 Å². The number of hydrogen-bond acceptors (Lipinski definition) is 7. The van der Waals surface area contributed by atoms with E-state index in [4.69, 9.17) is 4.74 Å². The summed E-state index contributed by atoms with van der Waals surface area (Å²) in [6.45, 7) is 0.897. The van der Waals surface area contributed by atoms with Crippen molar-refractivity contribution in [3.8, 4) is 5.69 Å². The molecule has 0 saturated carbocycles. The van der Waals surface area contributed by atoms with Crippen LogP contribution in [0.15, 0.2) is 44.3 Å². The number of amides is 1. The van der Waals surface area contributed by atoms with Crippen LogP contribution < -0.4 is 16.6 Å². The molecule has 10 heteroatoms. The highest BCUT2D eigenvalue weighted by Gasteiger charge is 2.21. The topological polar surface area (TPSA) is 95.2 Å². The summed E-state index contributed by atoms with van der Waals surface area (Å²) in [5.41, 5.74) is -0.310. The fourth-order valence-electron chi connectivity index (χ4n) is 3.28. The Balaban J connectivity index is 1.75. The number of para-hydroxylation sites is 1. The molecule has 1 saturated heterocycles. The molecular weight excluding hydrogens is 412 g/mol. The van der Waals surface area contributed by atoms with Gasteiger partial charge in [0, 0.05) is 13.2 Å². The third-order valence-corrected chi connectivity index (χ3v) is 6.72. The second kappa shape index (κ2) is 8.52. The monoisotopic (exact) mass is 432 g/mol. The van der Waals surface area contributed by atoms with Gasteiger partial charge in [0.2, 0.25) is 5.91 Å². The third-order valence-electron chi connectivity index (χ3n) is 4.71. The van der Waals surface area contributed by atoms with Gasteiger partial charge in [0.05, 0.1) is 11.8 Å². The molecule has 2 aromatic heterocycles. The van der Waals surface area contributed by atoms with Gasteiger partial charge >= 0.3 is 5.69 Å². The fraction of sp³-hybridized carbons (Fsp3) is 0.368. The van der Waals surface area contributed by atoms with Crippen molar-refractivity contribution < 1.29 is 9.53 Å². The van der Waals surface area contributed by atoms with Crippen molar-refractivity contribution >= 4 is 39.4 Å². The molecule has 3 heterocycles. The number of carbonyl (C=O) groups is 1. The average molecular weight is 433 g/mol. The van der Waals surface area contributed by atoms with Crippen molar-refractivity contribution in [2.75, 3.05) is 19.4 Å². The standard InChI is InChI=1S/C19H20N4O4S2/c1-28-18-21-16-15(29-18)17(25)23(12-6-3-2-4-7-12)19(26)22(16)11-14(24)20-10-13-8-5-9-27-13/h2-4,6-7,13H,5,8-11H2,1H3,(H,20,24). The molecule has 0 bridgehead atoms. The number of fused-ring (bicyclic) bond motifs is 1. The van der Waals surface area contributed by atoms with Crippen LogP contribution in [0.4, 0.5) is 0 Å². The van der Waals surface area contributed by atoms with Crippen LogP contribution in [-0.2, 0) is 16.1 Å². The summed E-state index contributed by atoms with van der Waals surface area (Å²) in [7, 11) is 0. The number of nitrogens with one attached hydrogen (secondary N) is 1. The van der Waals surface area contributed by atoms with Crippen LogP contribution in [0.2, 0.25) is 0 Å². The second-order valence-electron chi connectivity index (χ2n) is 6.62. The maximum absolute atomic E-state index is 13.2. The van der Waals surface area contributed by atoms with E-state index in [0.717, 1.165) is 17.4 Å². The molecule has 4 rings (SSSR count). The van der Waals surface area contributed by atoms with Gasteiger partial charge in [0.1, 0.15) is 11.2 Å². The third kappa shape index (κ3) is 4.00. The van der Waals surface area contributed by atoms with Crippen molar-refractivity contribution in [3.05, 3.63) is 51.2 Å². The average Bonchev–Trinajstić information content (AvgIpc) is 3.40.